The van der Waals surface area contributed by atoms with E-state index in [2.05, 4.69) is 36.5 Å². The number of rotatable bonds is 9. The lowest BCUT2D eigenvalue weighted by Crippen LogP contribution is -2.19. The quantitative estimate of drug-likeness (QED) is 0.623. The van der Waals surface area contributed by atoms with Crippen LogP contribution in [0.4, 0.5) is 0 Å². The first kappa shape index (κ1) is 16.2. The Balaban J connectivity index is 2.56. The van der Waals surface area contributed by atoms with E-state index < -0.39 is 0 Å². The van der Waals surface area contributed by atoms with E-state index >= 15 is 0 Å². The molecule has 0 radical (unpaired) electrons. The monoisotopic (exact) mass is 262 g/mol. The minimum absolute atomic E-state index is 0.642. The summed E-state index contributed by atoms with van der Waals surface area (Å²) in [6.07, 6.45) is 16.5. The molecule has 0 spiro atoms. The minimum atomic E-state index is 0.642. The van der Waals surface area contributed by atoms with Gasteiger partial charge in [-0.1, -0.05) is 42.4 Å². The molecule has 19 heavy (non-hydrogen) atoms. The second-order valence-corrected chi connectivity index (χ2v) is 5.38. The Hall–Kier alpha value is -0.860. The summed E-state index contributed by atoms with van der Waals surface area (Å²) in [6.45, 7) is 3.93. The van der Waals surface area contributed by atoms with Crippen molar-refractivity contribution in [3.8, 4) is 0 Å². The Bertz CT molecular complexity index is 320. The molecule has 1 aliphatic rings. The highest BCUT2D eigenvalue weighted by molar-refractivity contribution is 5.16. The van der Waals surface area contributed by atoms with Crippen LogP contribution >= 0.6 is 0 Å². The van der Waals surface area contributed by atoms with Gasteiger partial charge in [-0.25, -0.2) is 0 Å². The van der Waals surface area contributed by atoms with Crippen LogP contribution in [0.25, 0.3) is 0 Å². The fourth-order valence-electron chi connectivity index (χ4n) is 2.54. The predicted octanol–water partition coefficient (Wildman–Crippen LogP) is 3.56. The first-order chi connectivity index (χ1) is 9.30. The highest BCUT2D eigenvalue weighted by Gasteiger charge is 2.13. The molecule has 1 saturated carbocycles. The molecule has 0 aromatic rings. The molecule has 108 valence electrons. The average Bonchev–Trinajstić information content (AvgIpc) is 2.34. The minimum Gasteiger partial charge on any atom is -0.327 e. The third kappa shape index (κ3) is 6.74. The summed E-state index contributed by atoms with van der Waals surface area (Å²) in [4.78, 5) is 0. The number of hydrogen-bond acceptors (Lipinski definition) is 2. The van der Waals surface area contributed by atoms with Crippen molar-refractivity contribution in [2.24, 2.45) is 11.7 Å². The van der Waals surface area contributed by atoms with Crippen molar-refractivity contribution in [2.45, 2.75) is 45.4 Å². The number of allylic oxidation sites excluding steroid dienone is 4. The van der Waals surface area contributed by atoms with E-state index in [9.17, 15) is 0 Å². The number of hydrogen-bond donors (Lipinski definition) is 2. The van der Waals surface area contributed by atoms with E-state index in [0.29, 0.717) is 12.5 Å². The molecular weight excluding hydrogens is 232 g/mol. The van der Waals surface area contributed by atoms with Crippen LogP contribution in [0.2, 0.25) is 0 Å². The topological polar surface area (TPSA) is 38.0 Å². The molecule has 0 aromatic carbocycles. The molecule has 0 saturated heterocycles. The van der Waals surface area contributed by atoms with Gasteiger partial charge in [0.2, 0.25) is 0 Å². The van der Waals surface area contributed by atoms with Crippen molar-refractivity contribution in [1.29, 1.82) is 0 Å². The fourth-order valence-corrected chi connectivity index (χ4v) is 2.54. The third-order valence-corrected chi connectivity index (χ3v) is 3.63. The Morgan fingerprint density at radius 3 is 2.68 bits per heavy atom. The Kier molecular flexibility index (Phi) is 8.52. The maximum atomic E-state index is 5.50. The van der Waals surface area contributed by atoms with Crippen LogP contribution in [0.15, 0.2) is 35.5 Å². The van der Waals surface area contributed by atoms with Gasteiger partial charge in [0.25, 0.3) is 0 Å². The number of nitrogens with one attached hydrogen (secondary N) is 1. The first-order valence-corrected chi connectivity index (χ1v) is 7.67. The van der Waals surface area contributed by atoms with Gasteiger partial charge >= 0.3 is 0 Å². The fraction of sp³-hybridized carbons (Fsp3) is 0.647. The molecule has 1 rings (SSSR count). The highest BCUT2D eigenvalue weighted by Crippen LogP contribution is 2.28. The van der Waals surface area contributed by atoms with Crippen LogP contribution < -0.4 is 11.1 Å². The van der Waals surface area contributed by atoms with Crippen molar-refractivity contribution in [2.75, 3.05) is 20.1 Å². The summed E-state index contributed by atoms with van der Waals surface area (Å²) in [5.41, 5.74) is 8.71. The zero-order valence-electron chi connectivity index (χ0n) is 12.6. The number of nitrogens with two attached hydrogens (primary N) is 1. The molecule has 0 heterocycles. The van der Waals surface area contributed by atoms with Gasteiger partial charge in [-0.2, -0.15) is 0 Å². The average molecular weight is 262 g/mol. The molecule has 1 aliphatic carbocycles. The SMILES string of the molecule is CCC=C(CC=CCN)CC(C=C1CCC1)CNC. The lowest BCUT2D eigenvalue weighted by atomic mass is 9.86. The zero-order valence-corrected chi connectivity index (χ0v) is 12.6. The lowest BCUT2D eigenvalue weighted by molar-refractivity contribution is 0.562. The van der Waals surface area contributed by atoms with E-state index in [1.165, 1.54) is 25.7 Å². The van der Waals surface area contributed by atoms with E-state index in [4.69, 9.17) is 5.73 Å². The van der Waals surface area contributed by atoms with Gasteiger partial charge in [0.05, 0.1) is 0 Å². The van der Waals surface area contributed by atoms with Gasteiger partial charge in [0, 0.05) is 13.1 Å². The van der Waals surface area contributed by atoms with E-state index in [0.717, 1.165) is 19.4 Å². The van der Waals surface area contributed by atoms with Gasteiger partial charge in [-0.3, -0.25) is 0 Å². The molecule has 0 bridgehead atoms. The predicted molar refractivity (Wildman–Crippen MR) is 85.2 cm³/mol. The third-order valence-electron chi connectivity index (χ3n) is 3.63. The van der Waals surface area contributed by atoms with Crippen LogP contribution in [-0.4, -0.2) is 20.1 Å². The van der Waals surface area contributed by atoms with Crippen LogP contribution in [0.1, 0.15) is 45.4 Å². The molecule has 2 nitrogen and oxygen atoms in total. The summed E-state index contributed by atoms with van der Waals surface area (Å²) in [5, 5.41) is 3.33. The lowest BCUT2D eigenvalue weighted by Gasteiger charge is -2.21. The first-order valence-electron chi connectivity index (χ1n) is 7.67. The van der Waals surface area contributed by atoms with Gasteiger partial charge in [-0.05, 0) is 51.5 Å². The summed E-state index contributed by atoms with van der Waals surface area (Å²) < 4.78 is 0. The highest BCUT2D eigenvalue weighted by atomic mass is 14.8. The van der Waals surface area contributed by atoms with Crippen molar-refractivity contribution >= 4 is 0 Å². The molecule has 1 atom stereocenters. The van der Waals surface area contributed by atoms with Crippen LogP contribution in [0.3, 0.4) is 0 Å². The molecular formula is C17H30N2. The van der Waals surface area contributed by atoms with Gasteiger partial charge in [0.15, 0.2) is 0 Å². The molecule has 2 heteroatoms. The van der Waals surface area contributed by atoms with E-state index in [1.54, 1.807) is 11.1 Å². The Morgan fingerprint density at radius 2 is 2.16 bits per heavy atom. The molecule has 0 aromatic heterocycles. The van der Waals surface area contributed by atoms with Crippen molar-refractivity contribution in [1.82, 2.24) is 5.32 Å². The Morgan fingerprint density at radius 1 is 1.37 bits per heavy atom. The second kappa shape index (κ2) is 9.99. The molecule has 3 N–H and O–H groups in total. The zero-order chi connectivity index (χ0) is 13.9. The normalized spacial score (nSPS) is 17.6. The molecule has 1 fully saturated rings. The summed E-state index contributed by atoms with van der Waals surface area (Å²) in [7, 11) is 2.05. The molecule has 0 aliphatic heterocycles. The standard InChI is InChI=1S/C17H30N2/c1-3-7-15(8-4-5-11-18)12-17(14-19-2)13-16-9-6-10-16/h4-5,7,13,17,19H,3,6,8-12,14,18H2,1-2H3. The smallest absolute Gasteiger partial charge is 0.0106 e. The van der Waals surface area contributed by atoms with Gasteiger partial charge in [-0.15, -0.1) is 0 Å². The molecule has 0 amide bonds. The van der Waals surface area contributed by atoms with Crippen LogP contribution in [0, 0.1) is 5.92 Å². The van der Waals surface area contributed by atoms with Crippen molar-refractivity contribution < 1.29 is 0 Å². The largest absolute Gasteiger partial charge is 0.327 e. The van der Waals surface area contributed by atoms with E-state index in [1.807, 2.05) is 7.05 Å². The summed E-state index contributed by atoms with van der Waals surface area (Å²) in [5.74, 6) is 0.643. The Labute approximate surface area is 118 Å². The van der Waals surface area contributed by atoms with Crippen LogP contribution in [0.5, 0.6) is 0 Å². The molecule has 1 unspecified atom stereocenters. The van der Waals surface area contributed by atoms with Crippen molar-refractivity contribution in [3.63, 3.8) is 0 Å². The van der Waals surface area contributed by atoms with Crippen molar-refractivity contribution in [3.05, 3.63) is 35.5 Å². The summed E-state index contributed by atoms with van der Waals surface area (Å²) >= 11 is 0. The second-order valence-electron chi connectivity index (χ2n) is 5.38. The van der Waals surface area contributed by atoms with Gasteiger partial charge in [0.1, 0.15) is 0 Å². The summed E-state index contributed by atoms with van der Waals surface area (Å²) in [6, 6.07) is 0. The maximum absolute atomic E-state index is 5.50. The van der Waals surface area contributed by atoms with E-state index in [-0.39, 0.29) is 0 Å². The van der Waals surface area contributed by atoms with Gasteiger partial charge < -0.3 is 11.1 Å². The van der Waals surface area contributed by atoms with Crippen LogP contribution in [-0.2, 0) is 0 Å². The maximum Gasteiger partial charge on any atom is 0.0106 e.